The molecule has 1 aromatic carbocycles. The highest BCUT2D eigenvalue weighted by Crippen LogP contribution is 2.20. The van der Waals surface area contributed by atoms with E-state index < -0.39 is 0 Å². The quantitative estimate of drug-likeness (QED) is 0.931. The number of aliphatic hydroxyl groups is 1. The Hall–Kier alpha value is -2.14. The smallest absolute Gasteiger partial charge is 0.223 e. The number of carbonyl (C=O) groups is 1. The number of hydrogen-bond acceptors (Lipinski definition) is 4. The van der Waals surface area contributed by atoms with Gasteiger partial charge in [0.1, 0.15) is 0 Å². The molecule has 1 fully saturated rings. The molecule has 1 atom stereocenters. The van der Waals surface area contributed by atoms with Crippen LogP contribution in [0, 0.1) is 0 Å². The second kappa shape index (κ2) is 6.10. The molecular weight excluding hydrogens is 268 g/mol. The first kappa shape index (κ1) is 13.8. The minimum absolute atomic E-state index is 0.0472. The van der Waals surface area contributed by atoms with Crippen molar-refractivity contribution in [2.24, 2.45) is 0 Å². The van der Waals surface area contributed by atoms with Crippen molar-refractivity contribution in [3.8, 4) is 11.3 Å². The molecule has 1 saturated heterocycles. The minimum Gasteiger partial charge on any atom is -0.441 e. The van der Waals surface area contributed by atoms with E-state index in [0.29, 0.717) is 38.2 Å². The highest BCUT2D eigenvalue weighted by atomic mass is 16.4. The summed E-state index contributed by atoms with van der Waals surface area (Å²) in [5, 5.41) is 9.44. The molecule has 0 saturated carbocycles. The predicted molar refractivity (Wildman–Crippen MR) is 77.5 cm³/mol. The second-order valence-corrected chi connectivity index (χ2v) is 5.27. The number of β-amino-alcohol motifs (C(OH)–C–C–N with tert-alkyl or cyclic N) is 1. The van der Waals surface area contributed by atoms with Gasteiger partial charge in [0, 0.05) is 31.5 Å². The lowest BCUT2D eigenvalue weighted by molar-refractivity contribution is -0.130. The van der Waals surface area contributed by atoms with Gasteiger partial charge in [-0.1, -0.05) is 30.3 Å². The van der Waals surface area contributed by atoms with Gasteiger partial charge < -0.3 is 14.4 Å². The topological polar surface area (TPSA) is 66.6 Å². The Kier molecular flexibility index (Phi) is 4.01. The third-order valence-corrected chi connectivity index (χ3v) is 3.68. The van der Waals surface area contributed by atoms with Gasteiger partial charge in [-0.2, -0.15) is 0 Å². The van der Waals surface area contributed by atoms with E-state index in [2.05, 4.69) is 4.98 Å². The third kappa shape index (κ3) is 3.31. The highest BCUT2D eigenvalue weighted by Gasteiger charge is 2.24. The first-order chi connectivity index (χ1) is 10.2. The number of aryl methyl sites for hydroxylation is 1. The summed E-state index contributed by atoms with van der Waals surface area (Å²) in [5.41, 5.74) is 0.977. The fourth-order valence-electron chi connectivity index (χ4n) is 2.50. The average Bonchev–Trinajstić information content (AvgIpc) is 3.15. The molecule has 5 nitrogen and oxygen atoms in total. The van der Waals surface area contributed by atoms with Crippen LogP contribution in [-0.2, 0) is 11.2 Å². The molecule has 0 unspecified atom stereocenters. The zero-order valence-electron chi connectivity index (χ0n) is 11.7. The molecule has 5 heteroatoms. The molecule has 1 amide bonds. The van der Waals surface area contributed by atoms with Gasteiger partial charge in [0.05, 0.1) is 12.3 Å². The van der Waals surface area contributed by atoms with Crippen LogP contribution in [0.2, 0.25) is 0 Å². The van der Waals surface area contributed by atoms with Crippen LogP contribution < -0.4 is 0 Å². The Morgan fingerprint density at radius 1 is 1.38 bits per heavy atom. The van der Waals surface area contributed by atoms with Crippen molar-refractivity contribution in [3.63, 3.8) is 0 Å². The maximum absolute atomic E-state index is 12.0. The summed E-state index contributed by atoms with van der Waals surface area (Å²) in [4.78, 5) is 17.9. The predicted octanol–water partition coefficient (Wildman–Crippen LogP) is 1.87. The molecule has 1 N–H and O–H groups in total. The molecule has 110 valence electrons. The molecule has 1 aliphatic heterocycles. The summed E-state index contributed by atoms with van der Waals surface area (Å²) < 4.78 is 5.67. The van der Waals surface area contributed by atoms with Crippen molar-refractivity contribution >= 4 is 5.91 Å². The average molecular weight is 286 g/mol. The van der Waals surface area contributed by atoms with Crippen LogP contribution in [0.15, 0.2) is 40.9 Å². The maximum Gasteiger partial charge on any atom is 0.223 e. The lowest BCUT2D eigenvalue weighted by Crippen LogP contribution is -2.29. The van der Waals surface area contributed by atoms with E-state index in [-0.39, 0.29) is 12.0 Å². The van der Waals surface area contributed by atoms with Crippen LogP contribution in [0.25, 0.3) is 11.3 Å². The third-order valence-electron chi connectivity index (χ3n) is 3.68. The fraction of sp³-hybridized carbons (Fsp3) is 0.375. The lowest BCUT2D eigenvalue weighted by Gasteiger charge is -2.14. The maximum atomic E-state index is 12.0. The molecule has 2 heterocycles. The first-order valence-electron chi connectivity index (χ1n) is 7.18. The Morgan fingerprint density at radius 3 is 2.90 bits per heavy atom. The van der Waals surface area contributed by atoms with E-state index in [1.807, 2.05) is 30.3 Å². The van der Waals surface area contributed by atoms with Gasteiger partial charge in [0.2, 0.25) is 5.91 Å². The zero-order chi connectivity index (χ0) is 14.7. The number of aliphatic hydroxyl groups excluding tert-OH is 1. The Balaban J connectivity index is 1.57. The Morgan fingerprint density at radius 2 is 2.19 bits per heavy atom. The first-order valence-corrected chi connectivity index (χ1v) is 7.18. The normalized spacial score (nSPS) is 18.1. The molecular formula is C16H18N2O3. The summed E-state index contributed by atoms with van der Waals surface area (Å²) in [6, 6.07) is 9.76. The van der Waals surface area contributed by atoms with Crippen molar-refractivity contribution in [1.82, 2.24) is 9.88 Å². The molecule has 2 aromatic rings. The van der Waals surface area contributed by atoms with Crippen molar-refractivity contribution < 1.29 is 14.3 Å². The number of nitrogens with zero attached hydrogens (tertiary/aromatic N) is 2. The van der Waals surface area contributed by atoms with Crippen LogP contribution in [0.1, 0.15) is 18.7 Å². The van der Waals surface area contributed by atoms with Crippen LogP contribution in [-0.4, -0.2) is 40.1 Å². The van der Waals surface area contributed by atoms with E-state index >= 15 is 0 Å². The summed E-state index contributed by atoms with van der Waals surface area (Å²) in [6.07, 6.45) is 2.83. The molecule has 0 aliphatic carbocycles. The van der Waals surface area contributed by atoms with Gasteiger partial charge in [0.15, 0.2) is 11.7 Å². The lowest BCUT2D eigenvalue weighted by atomic mass is 10.2. The van der Waals surface area contributed by atoms with Crippen molar-refractivity contribution in [2.45, 2.75) is 25.4 Å². The molecule has 0 spiro atoms. The summed E-state index contributed by atoms with van der Waals surface area (Å²) in [7, 11) is 0. The molecule has 1 aliphatic rings. The number of amides is 1. The van der Waals surface area contributed by atoms with E-state index in [4.69, 9.17) is 4.42 Å². The molecule has 1 aromatic heterocycles. The summed E-state index contributed by atoms with van der Waals surface area (Å²) in [5.74, 6) is 1.34. The van der Waals surface area contributed by atoms with Gasteiger partial charge in [0.25, 0.3) is 0 Å². The Labute approximate surface area is 123 Å². The number of likely N-dealkylation sites (tertiary alicyclic amines) is 1. The fourth-order valence-corrected chi connectivity index (χ4v) is 2.50. The Bertz CT molecular complexity index is 609. The zero-order valence-corrected chi connectivity index (χ0v) is 11.7. The SMILES string of the molecule is O=C(CCc1ncc(-c2ccccc2)o1)N1CC[C@@H](O)C1. The largest absolute Gasteiger partial charge is 0.441 e. The van der Waals surface area contributed by atoms with Crippen LogP contribution >= 0.6 is 0 Å². The summed E-state index contributed by atoms with van der Waals surface area (Å²) in [6.45, 7) is 1.08. The monoisotopic (exact) mass is 286 g/mol. The van der Waals surface area contributed by atoms with Gasteiger partial charge >= 0.3 is 0 Å². The van der Waals surface area contributed by atoms with Crippen LogP contribution in [0.4, 0.5) is 0 Å². The number of carbonyl (C=O) groups excluding carboxylic acids is 1. The van der Waals surface area contributed by atoms with Crippen molar-refractivity contribution in [3.05, 3.63) is 42.4 Å². The van der Waals surface area contributed by atoms with E-state index in [0.717, 1.165) is 11.3 Å². The number of hydrogen-bond donors (Lipinski definition) is 1. The van der Waals surface area contributed by atoms with Gasteiger partial charge in [-0.3, -0.25) is 4.79 Å². The molecule has 21 heavy (non-hydrogen) atoms. The van der Waals surface area contributed by atoms with Gasteiger partial charge in [-0.05, 0) is 6.42 Å². The number of rotatable bonds is 4. The number of oxazole rings is 1. The molecule has 0 bridgehead atoms. The second-order valence-electron chi connectivity index (χ2n) is 5.27. The van der Waals surface area contributed by atoms with Crippen LogP contribution in [0.3, 0.4) is 0 Å². The highest BCUT2D eigenvalue weighted by molar-refractivity contribution is 5.76. The van der Waals surface area contributed by atoms with Gasteiger partial charge in [-0.25, -0.2) is 4.98 Å². The van der Waals surface area contributed by atoms with Crippen LogP contribution in [0.5, 0.6) is 0 Å². The number of benzene rings is 1. The number of aromatic nitrogens is 1. The van der Waals surface area contributed by atoms with E-state index in [1.54, 1.807) is 11.1 Å². The standard InChI is InChI=1S/C16H18N2O3/c19-13-8-9-18(11-13)16(20)7-6-15-17-10-14(21-15)12-4-2-1-3-5-12/h1-5,10,13,19H,6-9,11H2/t13-/m1/s1. The van der Waals surface area contributed by atoms with Crippen molar-refractivity contribution in [2.75, 3.05) is 13.1 Å². The minimum atomic E-state index is -0.375. The van der Waals surface area contributed by atoms with E-state index in [1.165, 1.54) is 0 Å². The van der Waals surface area contributed by atoms with Crippen molar-refractivity contribution in [1.29, 1.82) is 0 Å². The van der Waals surface area contributed by atoms with Gasteiger partial charge in [-0.15, -0.1) is 0 Å². The molecule has 3 rings (SSSR count). The molecule has 0 radical (unpaired) electrons. The summed E-state index contributed by atoms with van der Waals surface area (Å²) >= 11 is 0. The van der Waals surface area contributed by atoms with E-state index in [9.17, 15) is 9.90 Å².